The molecule has 1 aliphatic carbocycles. The summed E-state index contributed by atoms with van der Waals surface area (Å²) in [6.45, 7) is 25.6. The van der Waals surface area contributed by atoms with Crippen molar-refractivity contribution in [3.63, 3.8) is 0 Å². The van der Waals surface area contributed by atoms with E-state index in [9.17, 15) is 14.4 Å². The van der Waals surface area contributed by atoms with Gasteiger partial charge in [-0.25, -0.2) is 0 Å². The minimum atomic E-state index is -0.641. The molecule has 0 amide bonds. The number of Topliss-reactive ketones (excluding diaryl/α,β-unsaturated/α-hetero) is 3. The Morgan fingerprint density at radius 1 is 0.740 bits per heavy atom. The number of fused-ring (bicyclic) bond motifs is 1. The molecule has 3 atom stereocenters. The van der Waals surface area contributed by atoms with Crippen molar-refractivity contribution >= 4 is 23.1 Å². The van der Waals surface area contributed by atoms with E-state index in [4.69, 9.17) is 0 Å². The molecule has 0 fully saturated rings. The zero-order valence-corrected chi connectivity index (χ0v) is 33.5. The number of ketones is 4. The summed E-state index contributed by atoms with van der Waals surface area (Å²) in [5, 5.41) is 0. The summed E-state index contributed by atoms with van der Waals surface area (Å²) in [5.41, 5.74) is 4.80. The second-order valence-electron chi connectivity index (χ2n) is 16.5. The van der Waals surface area contributed by atoms with Crippen LogP contribution in [0.5, 0.6) is 0 Å². The van der Waals surface area contributed by atoms with Gasteiger partial charge < -0.3 is 0 Å². The third-order valence-corrected chi connectivity index (χ3v) is 10.4. The fourth-order valence-electron chi connectivity index (χ4n) is 6.93. The van der Waals surface area contributed by atoms with Crippen molar-refractivity contribution in [2.45, 2.75) is 147 Å². The number of hydrogen-bond donors (Lipinski definition) is 0. The summed E-state index contributed by atoms with van der Waals surface area (Å²) in [4.78, 5) is 56.9. The molecule has 274 valence electrons. The number of hydrogen-bond acceptors (Lipinski definition) is 4. The maximum absolute atomic E-state index is 15.3. The highest BCUT2D eigenvalue weighted by Crippen LogP contribution is 2.41. The molecule has 1 aromatic rings. The van der Waals surface area contributed by atoms with Gasteiger partial charge in [0.2, 0.25) is 5.78 Å². The normalized spacial score (nSPS) is 16.0. The molecule has 0 spiro atoms. The average Bonchev–Trinajstić information content (AvgIpc) is 3.03. The third kappa shape index (κ3) is 12.4. The van der Waals surface area contributed by atoms with E-state index >= 15 is 4.79 Å². The van der Waals surface area contributed by atoms with Gasteiger partial charge in [-0.2, -0.15) is 0 Å². The molecule has 50 heavy (non-hydrogen) atoms. The molecule has 0 aliphatic heterocycles. The lowest BCUT2D eigenvalue weighted by molar-refractivity contribution is -0.118. The van der Waals surface area contributed by atoms with Gasteiger partial charge >= 0.3 is 0 Å². The van der Waals surface area contributed by atoms with Gasteiger partial charge in [0.25, 0.3) is 0 Å². The average molecular weight is 683 g/mol. The van der Waals surface area contributed by atoms with E-state index in [1.165, 1.54) is 24.8 Å². The predicted molar refractivity (Wildman–Crippen MR) is 211 cm³/mol. The number of benzene rings is 1. The fourth-order valence-corrected chi connectivity index (χ4v) is 6.93. The van der Waals surface area contributed by atoms with Crippen LogP contribution < -0.4 is 0 Å². The lowest BCUT2D eigenvalue weighted by atomic mass is 9.68. The van der Waals surface area contributed by atoms with Gasteiger partial charge in [-0.3, -0.25) is 19.2 Å². The molecule has 2 rings (SSSR count). The predicted octanol–water partition coefficient (Wildman–Crippen LogP) is 12.6. The molecule has 4 nitrogen and oxygen atoms in total. The van der Waals surface area contributed by atoms with Crippen LogP contribution in [0.2, 0.25) is 0 Å². The monoisotopic (exact) mass is 682 g/mol. The molecule has 3 unspecified atom stereocenters. The number of carbonyl (C=O) groups is 4. The van der Waals surface area contributed by atoms with Gasteiger partial charge in [0.15, 0.2) is 17.3 Å². The summed E-state index contributed by atoms with van der Waals surface area (Å²) < 4.78 is 0. The first-order valence-corrected chi connectivity index (χ1v) is 19.1. The molecule has 0 heterocycles. The molecule has 0 saturated heterocycles. The van der Waals surface area contributed by atoms with Crippen molar-refractivity contribution in [3.8, 4) is 0 Å². The molecule has 1 aliphatic rings. The quantitative estimate of drug-likeness (QED) is 0.0630. The van der Waals surface area contributed by atoms with Crippen LogP contribution in [0.3, 0.4) is 0 Å². The molecule has 1 aromatic carbocycles. The smallest absolute Gasteiger partial charge is 0.200 e. The van der Waals surface area contributed by atoms with Gasteiger partial charge in [-0.1, -0.05) is 132 Å². The van der Waals surface area contributed by atoms with Gasteiger partial charge in [-0.15, -0.1) is 0 Å². The summed E-state index contributed by atoms with van der Waals surface area (Å²) in [6.07, 6.45) is 14.7. The minimum absolute atomic E-state index is 0.0475. The van der Waals surface area contributed by atoms with Crippen LogP contribution in [0.25, 0.3) is 0 Å². The largest absolute Gasteiger partial charge is 0.289 e. The first-order valence-electron chi connectivity index (χ1n) is 19.1. The third-order valence-electron chi connectivity index (χ3n) is 10.4. The maximum atomic E-state index is 15.3. The SMILES string of the molecule is CCC(C)CCCC(C)CCC(/C(C(=O)/C(C(=O)C1=CC(=O)c2ccccc2C1=O)=C(/C)CCC=C(C)C)=C(/C)CCC=C(C)C)C(C)(C)C. The van der Waals surface area contributed by atoms with E-state index in [2.05, 4.69) is 67.5 Å². The first kappa shape index (κ1) is 42.8. The van der Waals surface area contributed by atoms with Crippen molar-refractivity contribution in [1.82, 2.24) is 0 Å². The number of allylic oxidation sites excluding steroid dienone is 10. The lowest BCUT2D eigenvalue weighted by Gasteiger charge is -2.35. The molecule has 4 heteroatoms. The van der Waals surface area contributed by atoms with Crippen LogP contribution in [-0.4, -0.2) is 23.1 Å². The highest BCUT2D eigenvalue weighted by Gasteiger charge is 2.39. The second-order valence-corrected chi connectivity index (χ2v) is 16.5. The molecular weight excluding hydrogens is 617 g/mol. The maximum Gasteiger partial charge on any atom is 0.200 e. The second kappa shape index (κ2) is 19.8. The highest BCUT2D eigenvalue weighted by atomic mass is 16.2. The number of carbonyl (C=O) groups excluding carboxylic acids is 4. The van der Waals surface area contributed by atoms with Gasteiger partial charge in [0, 0.05) is 22.8 Å². The van der Waals surface area contributed by atoms with Crippen molar-refractivity contribution in [1.29, 1.82) is 0 Å². The van der Waals surface area contributed by atoms with Crippen LogP contribution in [0.15, 0.2) is 81.5 Å². The Bertz CT molecular complexity index is 1540. The summed E-state index contributed by atoms with van der Waals surface area (Å²) in [6, 6.07) is 6.60. The highest BCUT2D eigenvalue weighted by molar-refractivity contribution is 6.43. The van der Waals surface area contributed by atoms with Crippen molar-refractivity contribution < 1.29 is 19.2 Å². The van der Waals surface area contributed by atoms with Gasteiger partial charge in [0.05, 0.1) is 11.1 Å². The summed E-state index contributed by atoms with van der Waals surface area (Å²) in [7, 11) is 0. The number of rotatable bonds is 19. The van der Waals surface area contributed by atoms with E-state index in [0.29, 0.717) is 36.3 Å². The Morgan fingerprint density at radius 3 is 1.82 bits per heavy atom. The zero-order valence-electron chi connectivity index (χ0n) is 33.5. The standard InChI is InChI=1S/C46H66O4/c1-13-32(6)21-18-22-33(7)27-28-39(46(10,11)12)41(34(8)23-16-19-30(2)3)45(50)42(35(9)24-17-20-31(4)5)44(49)38-29-40(47)36-25-14-15-26-37(36)43(38)48/h14-15,19-20,25-26,29,32-33,39H,13,16-18,21-24,27-28H2,1-12H3/b41-34+,42-35-. The summed E-state index contributed by atoms with van der Waals surface area (Å²) >= 11 is 0. The van der Waals surface area contributed by atoms with E-state index in [0.717, 1.165) is 48.8 Å². The Balaban J connectivity index is 2.72. The van der Waals surface area contributed by atoms with E-state index in [-0.39, 0.29) is 45.2 Å². The van der Waals surface area contributed by atoms with Crippen molar-refractivity contribution in [2.75, 3.05) is 0 Å². The molecule has 0 saturated carbocycles. The van der Waals surface area contributed by atoms with Crippen LogP contribution >= 0.6 is 0 Å². The molecular formula is C46H66O4. The Labute approximate surface area is 304 Å². The van der Waals surface area contributed by atoms with Crippen LogP contribution in [0.1, 0.15) is 168 Å². The summed E-state index contributed by atoms with van der Waals surface area (Å²) in [5.74, 6) is -0.659. The Morgan fingerprint density at radius 2 is 1.28 bits per heavy atom. The lowest BCUT2D eigenvalue weighted by Crippen LogP contribution is -2.32. The minimum Gasteiger partial charge on any atom is -0.289 e. The van der Waals surface area contributed by atoms with Gasteiger partial charge in [-0.05, 0) is 96.8 Å². The zero-order chi connectivity index (χ0) is 37.8. The molecule has 0 aromatic heterocycles. The van der Waals surface area contributed by atoms with Crippen LogP contribution in [0.4, 0.5) is 0 Å². The Kier molecular flexibility index (Phi) is 17.0. The van der Waals surface area contributed by atoms with Crippen LogP contribution in [0, 0.1) is 23.2 Å². The molecule has 0 bridgehead atoms. The van der Waals surface area contributed by atoms with Crippen molar-refractivity contribution in [2.24, 2.45) is 23.2 Å². The van der Waals surface area contributed by atoms with Crippen LogP contribution in [-0.2, 0) is 9.59 Å². The van der Waals surface area contributed by atoms with E-state index < -0.39 is 11.6 Å². The first-order chi connectivity index (χ1) is 23.4. The van der Waals surface area contributed by atoms with E-state index in [1.54, 1.807) is 24.3 Å². The van der Waals surface area contributed by atoms with Crippen molar-refractivity contribution in [3.05, 3.63) is 92.6 Å². The fraction of sp³-hybridized carbons (Fsp3) is 0.565. The Hall–Kier alpha value is -3.40. The van der Waals surface area contributed by atoms with E-state index in [1.807, 2.05) is 27.7 Å². The molecule has 0 N–H and O–H groups in total. The van der Waals surface area contributed by atoms with Gasteiger partial charge in [0.1, 0.15) is 0 Å². The molecule has 0 radical (unpaired) electrons. The topological polar surface area (TPSA) is 68.3 Å².